The predicted molar refractivity (Wildman–Crippen MR) is 92.4 cm³/mol. The van der Waals surface area contributed by atoms with Crippen molar-refractivity contribution in [3.63, 3.8) is 0 Å². The van der Waals surface area contributed by atoms with Gasteiger partial charge >= 0.3 is 0 Å². The highest BCUT2D eigenvalue weighted by Crippen LogP contribution is 2.35. The smallest absolute Gasteiger partial charge is 0.195 e. The van der Waals surface area contributed by atoms with Crippen molar-refractivity contribution >= 4 is 40.5 Å². The molecule has 4 rings (SSSR count). The Kier molecular flexibility index (Phi) is 3.74. The van der Waals surface area contributed by atoms with Crippen molar-refractivity contribution in [1.29, 1.82) is 0 Å². The fourth-order valence-electron chi connectivity index (χ4n) is 2.69. The third kappa shape index (κ3) is 2.94. The molecular formula is C15H15ClN6S. The lowest BCUT2D eigenvalue weighted by atomic mass is 10.2. The van der Waals surface area contributed by atoms with Crippen LogP contribution in [0.25, 0.3) is 10.9 Å². The van der Waals surface area contributed by atoms with Crippen molar-refractivity contribution in [2.45, 2.75) is 25.3 Å². The number of H-pyrrole nitrogens is 1. The van der Waals surface area contributed by atoms with Crippen molar-refractivity contribution < 1.29 is 0 Å². The van der Waals surface area contributed by atoms with Crippen LogP contribution in [0.15, 0.2) is 24.5 Å². The third-order valence-electron chi connectivity index (χ3n) is 3.93. The number of rotatable bonds is 5. The molecule has 1 aliphatic rings. The van der Waals surface area contributed by atoms with E-state index >= 15 is 0 Å². The molecule has 0 saturated heterocycles. The maximum atomic E-state index is 6.01. The molecule has 1 fully saturated rings. The number of anilines is 1. The van der Waals surface area contributed by atoms with Crippen LogP contribution in [0.2, 0.25) is 5.02 Å². The van der Waals surface area contributed by atoms with Gasteiger partial charge in [0.05, 0.1) is 5.52 Å². The van der Waals surface area contributed by atoms with E-state index in [0.29, 0.717) is 15.8 Å². The first-order valence-corrected chi connectivity index (χ1v) is 8.31. The Morgan fingerprint density at radius 2 is 2.22 bits per heavy atom. The number of aromatic amines is 1. The van der Waals surface area contributed by atoms with Crippen molar-refractivity contribution in [2.24, 2.45) is 0 Å². The fourth-order valence-corrected chi connectivity index (χ4v) is 3.15. The molecule has 2 aromatic heterocycles. The summed E-state index contributed by atoms with van der Waals surface area (Å²) in [6, 6.07) is 6.14. The predicted octanol–water partition coefficient (Wildman–Crippen LogP) is 3.53. The molecule has 0 unspecified atom stereocenters. The van der Waals surface area contributed by atoms with Crippen LogP contribution in [0.4, 0.5) is 5.82 Å². The number of fused-ring (bicyclic) bond motifs is 1. The van der Waals surface area contributed by atoms with E-state index in [9.17, 15) is 0 Å². The molecular weight excluding hydrogens is 332 g/mol. The summed E-state index contributed by atoms with van der Waals surface area (Å²) >= 11 is 11.3. The van der Waals surface area contributed by atoms with E-state index in [1.54, 1.807) is 6.33 Å². The Labute approximate surface area is 142 Å². The first kappa shape index (κ1) is 14.6. The minimum atomic E-state index is 0.526. The highest BCUT2D eigenvalue weighted by molar-refractivity contribution is 7.71. The molecule has 23 heavy (non-hydrogen) atoms. The molecule has 0 bridgehead atoms. The standard InChI is InChI=1S/C15H15ClN6S/c16-9-1-4-11-12(7-9)18-8-19-14(11)17-6-5-13-20-21-15(23)22(13)10-2-3-10/h1,4,7-8,10H,2-3,5-6H2,(H,21,23)(H,17,18,19). The Morgan fingerprint density at radius 3 is 3.04 bits per heavy atom. The van der Waals surface area contributed by atoms with Gasteiger partial charge in [-0.3, -0.25) is 5.10 Å². The van der Waals surface area contributed by atoms with E-state index < -0.39 is 0 Å². The van der Waals surface area contributed by atoms with Crippen LogP contribution in [-0.4, -0.2) is 31.3 Å². The van der Waals surface area contributed by atoms with Gasteiger partial charge in [0.15, 0.2) is 4.77 Å². The number of halogens is 1. The molecule has 2 heterocycles. The Morgan fingerprint density at radius 1 is 1.35 bits per heavy atom. The largest absolute Gasteiger partial charge is 0.369 e. The van der Waals surface area contributed by atoms with Crippen molar-refractivity contribution in [3.05, 3.63) is 40.1 Å². The van der Waals surface area contributed by atoms with Gasteiger partial charge in [-0.05, 0) is 43.3 Å². The van der Waals surface area contributed by atoms with Crippen molar-refractivity contribution in [3.8, 4) is 0 Å². The lowest BCUT2D eigenvalue weighted by Crippen LogP contribution is -2.11. The SMILES string of the molecule is S=c1[nH]nc(CCNc2ncnc3cc(Cl)ccc23)n1C1CC1. The second kappa shape index (κ2) is 5.90. The number of hydrogen-bond acceptors (Lipinski definition) is 5. The molecule has 1 aliphatic carbocycles. The number of nitrogens with zero attached hydrogens (tertiary/aromatic N) is 4. The van der Waals surface area contributed by atoms with Gasteiger partial charge < -0.3 is 9.88 Å². The maximum Gasteiger partial charge on any atom is 0.195 e. The van der Waals surface area contributed by atoms with Crippen LogP contribution in [-0.2, 0) is 6.42 Å². The molecule has 1 saturated carbocycles. The molecule has 0 atom stereocenters. The van der Waals surface area contributed by atoms with Crippen LogP contribution in [0.3, 0.4) is 0 Å². The summed E-state index contributed by atoms with van der Waals surface area (Å²) in [5.41, 5.74) is 0.829. The average Bonchev–Trinajstić information content (AvgIpc) is 3.31. The maximum absolute atomic E-state index is 6.01. The lowest BCUT2D eigenvalue weighted by Gasteiger charge is -2.09. The van der Waals surface area contributed by atoms with E-state index in [4.69, 9.17) is 23.8 Å². The van der Waals surface area contributed by atoms with E-state index in [0.717, 1.165) is 35.5 Å². The van der Waals surface area contributed by atoms with E-state index in [2.05, 4.69) is 30.0 Å². The molecule has 0 aliphatic heterocycles. The molecule has 6 nitrogen and oxygen atoms in total. The normalized spacial score (nSPS) is 14.3. The molecule has 0 amide bonds. The summed E-state index contributed by atoms with van der Waals surface area (Å²) in [7, 11) is 0. The summed E-state index contributed by atoms with van der Waals surface area (Å²) in [5, 5.41) is 12.2. The van der Waals surface area contributed by atoms with Gasteiger partial charge in [0.25, 0.3) is 0 Å². The Bertz CT molecular complexity index is 914. The van der Waals surface area contributed by atoms with Gasteiger partial charge in [-0.15, -0.1) is 0 Å². The van der Waals surface area contributed by atoms with Gasteiger partial charge in [0, 0.05) is 29.4 Å². The minimum absolute atomic E-state index is 0.526. The summed E-state index contributed by atoms with van der Waals surface area (Å²) < 4.78 is 2.85. The summed E-state index contributed by atoms with van der Waals surface area (Å²) in [6.45, 7) is 0.723. The highest BCUT2D eigenvalue weighted by atomic mass is 35.5. The summed E-state index contributed by atoms with van der Waals surface area (Å²) in [5.74, 6) is 1.80. The number of nitrogens with one attached hydrogen (secondary N) is 2. The zero-order valence-electron chi connectivity index (χ0n) is 12.3. The highest BCUT2D eigenvalue weighted by Gasteiger charge is 2.26. The zero-order valence-corrected chi connectivity index (χ0v) is 13.9. The van der Waals surface area contributed by atoms with E-state index in [1.807, 2.05) is 18.2 Å². The van der Waals surface area contributed by atoms with Crippen LogP contribution >= 0.6 is 23.8 Å². The third-order valence-corrected chi connectivity index (χ3v) is 4.45. The van der Waals surface area contributed by atoms with Crippen molar-refractivity contribution in [1.82, 2.24) is 24.7 Å². The fraction of sp³-hybridized carbons (Fsp3) is 0.333. The van der Waals surface area contributed by atoms with Crippen molar-refractivity contribution in [2.75, 3.05) is 11.9 Å². The van der Waals surface area contributed by atoms with E-state index in [1.165, 1.54) is 12.8 Å². The average molecular weight is 347 g/mol. The lowest BCUT2D eigenvalue weighted by molar-refractivity contribution is 0.673. The minimum Gasteiger partial charge on any atom is -0.369 e. The summed E-state index contributed by atoms with van der Waals surface area (Å²) in [6.07, 6.45) is 4.70. The van der Waals surface area contributed by atoms with Gasteiger partial charge in [0.2, 0.25) is 0 Å². The molecule has 2 N–H and O–H groups in total. The number of benzene rings is 1. The molecule has 3 aromatic rings. The van der Waals surface area contributed by atoms with Gasteiger partial charge in [-0.2, -0.15) is 5.10 Å². The van der Waals surface area contributed by atoms with Crippen LogP contribution in [0.5, 0.6) is 0 Å². The zero-order chi connectivity index (χ0) is 15.8. The number of hydrogen-bond donors (Lipinski definition) is 2. The monoisotopic (exact) mass is 346 g/mol. The molecule has 118 valence electrons. The van der Waals surface area contributed by atoms with Crippen LogP contribution in [0.1, 0.15) is 24.7 Å². The second-order valence-electron chi connectivity index (χ2n) is 5.61. The quantitative estimate of drug-likeness (QED) is 0.691. The van der Waals surface area contributed by atoms with E-state index in [-0.39, 0.29) is 0 Å². The van der Waals surface area contributed by atoms with Gasteiger partial charge in [0.1, 0.15) is 18.0 Å². The second-order valence-corrected chi connectivity index (χ2v) is 6.43. The molecule has 1 aromatic carbocycles. The first-order valence-electron chi connectivity index (χ1n) is 7.52. The first-order chi connectivity index (χ1) is 11.2. The van der Waals surface area contributed by atoms with Gasteiger partial charge in [-0.25, -0.2) is 9.97 Å². The van der Waals surface area contributed by atoms with Crippen LogP contribution < -0.4 is 5.32 Å². The summed E-state index contributed by atoms with van der Waals surface area (Å²) in [4.78, 5) is 8.57. The Balaban J connectivity index is 1.51. The molecule has 0 spiro atoms. The van der Waals surface area contributed by atoms with Crippen LogP contribution in [0, 0.1) is 4.77 Å². The number of aromatic nitrogens is 5. The molecule has 8 heteroatoms. The Hall–Kier alpha value is -1.99. The van der Waals surface area contributed by atoms with Gasteiger partial charge in [-0.1, -0.05) is 11.6 Å². The molecule has 0 radical (unpaired) electrons. The topological polar surface area (TPSA) is 71.4 Å².